The van der Waals surface area contributed by atoms with Crippen molar-refractivity contribution in [1.82, 2.24) is 16.0 Å². The smallest absolute Gasteiger partial charge is 0.135 e. The Morgan fingerprint density at radius 2 is 1.21 bits per heavy atom. The highest BCUT2D eigenvalue weighted by Gasteiger charge is 2.30. The predicted molar refractivity (Wildman–Crippen MR) is 174 cm³/mol. The van der Waals surface area contributed by atoms with E-state index in [2.05, 4.69) is 131 Å². The molecule has 8 rings (SSSR count). The van der Waals surface area contributed by atoms with E-state index in [9.17, 15) is 0 Å². The molecule has 0 amide bonds. The van der Waals surface area contributed by atoms with E-state index >= 15 is 0 Å². The van der Waals surface area contributed by atoms with Crippen LogP contribution < -0.4 is 16.0 Å². The molecule has 2 aliphatic heterocycles. The van der Waals surface area contributed by atoms with Crippen molar-refractivity contribution in [3.8, 4) is 22.3 Å². The molecule has 1 aromatic heterocycles. The summed E-state index contributed by atoms with van der Waals surface area (Å²) in [7, 11) is 0. The number of fused-ring (bicyclic) bond motifs is 3. The first-order valence-corrected chi connectivity index (χ1v) is 14.7. The van der Waals surface area contributed by atoms with Crippen LogP contribution in [0.4, 0.5) is 0 Å². The number of rotatable bonds is 5. The van der Waals surface area contributed by atoms with E-state index in [1.54, 1.807) is 0 Å². The van der Waals surface area contributed by atoms with Gasteiger partial charge in [-0.2, -0.15) is 0 Å². The second-order valence-corrected chi connectivity index (χ2v) is 10.9. The van der Waals surface area contributed by atoms with Crippen LogP contribution >= 0.6 is 0 Å². The Labute approximate surface area is 250 Å². The summed E-state index contributed by atoms with van der Waals surface area (Å²) in [6, 6.07) is 46.6. The van der Waals surface area contributed by atoms with Crippen LogP contribution in [0.3, 0.4) is 0 Å². The second-order valence-electron chi connectivity index (χ2n) is 10.9. The molecule has 5 nitrogen and oxygen atoms in total. The molecule has 0 bridgehead atoms. The maximum absolute atomic E-state index is 6.22. The van der Waals surface area contributed by atoms with Gasteiger partial charge in [0.1, 0.15) is 29.5 Å². The van der Waals surface area contributed by atoms with Gasteiger partial charge in [-0.15, -0.1) is 0 Å². The number of nitrogens with one attached hydrogen (secondary N) is 3. The summed E-state index contributed by atoms with van der Waals surface area (Å²) in [5, 5.41) is 11.9. The van der Waals surface area contributed by atoms with E-state index in [0.29, 0.717) is 6.54 Å². The van der Waals surface area contributed by atoms with Gasteiger partial charge in [-0.1, -0.05) is 127 Å². The van der Waals surface area contributed by atoms with Gasteiger partial charge >= 0.3 is 0 Å². The number of amidine groups is 1. The number of hydrogen-bond acceptors (Lipinski definition) is 5. The third-order valence-electron chi connectivity index (χ3n) is 8.25. The van der Waals surface area contributed by atoms with Gasteiger partial charge in [0.25, 0.3) is 0 Å². The van der Waals surface area contributed by atoms with Crippen LogP contribution in [0.1, 0.15) is 34.8 Å². The Kier molecular flexibility index (Phi) is 6.35. The topological polar surface area (TPSA) is 61.6 Å². The fourth-order valence-corrected chi connectivity index (χ4v) is 6.05. The minimum atomic E-state index is -0.236. The molecule has 43 heavy (non-hydrogen) atoms. The van der Waals surface area contributed by atoms with Gasteiger partial charge < -0.3 is 15.1 Å². The molecule has 5 aromatic carbocycles. The molecular weight excluding hydrogens is 528 g/mol. The first-order valence-electron chi connectivity index (χ1n) is 14.7. The summed E-state index contributed by atoms with van der Waals surface area (Å²) in [6.45, 7) is 0.651. The summed E-state index contributed by atoms with van der Waals surface area (Å²) in [5.74, 6) is 1.76. The van der Waals surface area contributed by atoms with Crippen molar-refractivity contribution in [2.75, 3.05) is 0 Å². The van der Waals surface area contributed by atoms with Crippen LogP contribution in [0.15, 0.2) is 149 Å². The van der Waals surface area contributed by atoms with Crippen LogP contribution in [-0.2, 0) is 6.54 Å². The molecule has 6 aromatic rings. The van der Waals surface area contributed by atoms with E-state index in [1.165, 1.54) is 22.3 Å². The zero-order valence-electron chi connectivity index (χ0n) is 23.5. The van der Waals surface area contributed by atoms with E-state index in [-0.39, 0.29) is 12.3 Å². The van der Waals surface area contributed by atoms with Crippen molar-refractivity contribution in [2.45, 2.75) is 18.9 Å². The number of furan rings is 1. The summed E-state index contributed by atoms with van der Waals surface area (Å²) in [5.41, 5.74) is 10.1. The zero-order valence-corrected chi connectivity index (χ0v) is 23.5. The zero-order chi connectivity index (χ0) is 28.6. The Morgan fingerprint density at radius 1 is 0.605 bits per heavy atom. The lowest BCUT2D eigenvalue weighted by atomic mass is 9.97. The molecule has 3 heterocycles. The predicted octanol–water partition coefficient (Wildman–Crippen LogP) is 8.20. The normalized spacial score (nSPS) is 17.8. The molecule has 2 atom stereocenters. The summed E-state index contributed by atoms with van der Waals surface area (Å²) < 4.78 is 6.22. The van der Waals surface area contributed by atoms with Gasteiger partial charge in [0.2, 0.25) is 0 Å². The monoisotopic (exact) mass is 558 g/mol. The molecule has 0 spiro atoms. The molecule has 2 aliphatic rings. The molecule has 208 valence electrons. The maximum atomic E-state index is 6.22. The van der Waals surface area contributed by atoms with Crippen molar-refractivity contribution < 1.29 is 4.42 Å². The minimum absolute atomic E-state index is 0.117. The summed E-state index contributed by atoms with van der Waals surface area (Å²) in [4.78, 5) is 5.23. The Hall–Kier alpha value is -5.39. The van der Waals surface area contributed by atoms with Crippen molar-refractivity contribution in [1.29, 1.82) is 0 Å². The highest BCUT2D eigenvalue weighted by Crippen LogP contribution is 2.36. The lowest BCUT2D eigenvalue weighted by molar-refractivity contribution is 0.410. The average molecular weight is 559 g/mol. The van der Waals surface area contributed by atoms with Gasteiger partial charge in [-0.25, -0.2) is 4.99 Å². The standard InChI is InChI=1S/C38H30N4O/c1-3-9-25(10-4-1)26-15-17-27(18-16-26)28-19-21-30(22-20-28)37-40-36(29-11-5-2-6-12-29)41-38(42-37)32-23-39-24-34-35(32)31-13-7-8-14-33(31)43-34/h1-23,36-37,39-40H,24H2,(H,41,42). The Bertz CT molecular complexity index is 1960. The van der Waals surface area contributed by atoms with E-state index in [4.69, 9.17) is 9.41 Å². The highest BCUT2D eigenvalue weighted by atomic mass is 16.3. The fraction of sp³-hybridized carbons (Fsp3) is 0.0789. The molecule has 0 saturated carbocycles. The Morgan fingerprint density at radius 3 is 1.93 bits per heavy atom. The van der Waals surface area contributed by atoms with Gasteiger partial charge in [-0.3, -0.25) is 5.32 Å². The lowest BCUT2D eigenvalue weighted by Gasteiger charge is -2.33. The van der Waals surface area contributed by atoms with Crippen LogP contribution in [0.25, 0.3) is 38.8 Å². The summed E-state index contributed by atoms with van der Waals surface area (Å²) in [6.07, 6.45) is 1.71. The SMILES string of the molecule is C1=C(C2=NC(c3ccc(-c4ccc(-c5ccccc5)cc4)cc3)NC(c3ccccc3)N2)c2c(oc3ccccc23)CN1. The molecule has 0 fully saturated rings. The first kappa shape index (κ1) is 25.3. The van der Waals surface area contributed by atoms with Crippen molar-refractivity contribution in [3.63, 3.8) is 0 Å². The molecule has 3 N–H and O–H groups in total. The second kappa shape index (κ2) is 10.8. The Balaban J connectivity index is 1.13. The number of benzene rings is 5. The van der Waals surface area contributed by atoms with Crippen molar-refractivity contribution in [2.24, 2.45) is 4.99 Å². The lowest BCUT2D eigenvalue weighted by Crippen LogP contribution is -2.45. The van der Waals surface area contributed by atoms with E-state index in [1.807, 2.05) is 24.3 Å². The molecule has 0 aliphatic carbocycles. The van der Waals surface area contributed by atoms with Crippen LogP contribution in [-0.4, -0.2) is 5.84 Å². The number of para-hydroxylation sites is 1. The van der Waals surface area contributed by atoms with Crippen molar-refractivity contribution >= 4 is 22.4 Å². The minimum Gasteiger partial charge on any atom is -0.459 e. The quantitative estimate of drug-likeness (QED) is 0.200. The number of aliphatic imine (C=N–C) groups is 1. The molecule has 0 radical (unpaired) electrons. The summed E-state index contributed by atoms with van der Waals surface area (Å²) >= 11 is 0. The van der Waals surface area contributed by atoms with Crippen molar-refractivity contribution in [3.05, 3.63) is 162 Å². The van der Waals surface area contributed by atoms with Crippen LogP contribution in [0, 0.1) is 0 Å². The first-order chi connectivity index (χ1) is 21.3. The van der Waals surface area contributed by atoms with Gasteiger partial charge in [0.05, 0.1) is 6.54 Å². The molecule has 5 heteroatoms. The average Bonchev–Trinajstić information content (AvgIpc) is 3.48. The van der Waals surface area contributed by atoms with E-state index < -0.39 is 0 Å². The van der Waals surface area contributed by atoms with E-state index in [0.717, 1.165) is 44.8 Å². The number of nitrogens with zero attached hydrogens (tertiary/aromatic N) is 1. The molecule has 0 saturated heterocycles. The van der Waals surface area contributed by atoms with Gasteiger partial charge in [0.15, 0.2) is 0 Å². The van der Waals surface area contributed by atoms with Gasteiger partial charge in [-0.05, 0) is 39.4 Å². The largest absolute Gasteiger partial charge is 0.459 e. The molecule has 2 unspecified atom stereocenters. The van der Waals surface area contributed by atoms with Crippen LogP contribution in [0.5, 0.6) is 0 Å². The third-order valence-corrected chi connectivity index (χ3v) is 8.25. The van der Waals surface area contributed by atoms with Gasteiger partial charge in [0, 0.05) is 22.7 Å². The molecular formula is C38H30N4O. The fourth-order valence-electron chi connectivity index (χ4n) is 6.05. The maximum Gasteiger partial charge on any atom is 0.135 e. The highest BCUT2D eigenvalue weighted by molar-refractivity contribution is 6.26. The third kappa shape index (κ3) is 4.80. The van der Waals surface area contributed by atoms with Crippen LogP contribution in [0.2, 0.25) is 0 Å². The number of hydrogen-bond donors (Lipinski definition) is 3.